The van der Waals surface area contributed by atoms with Gasteiger partial charge in [-0.3, -0.25) is 9.59 Å². The minimum atomic E-state index is -0.123. The van der Waals surface area contributed by atoms with Crippen molar-refractivity contribution in [3.8, 4) is 0 Å². The summed E-state index contributed by atoms with van der Waals surface area (Å²) in [6.45, 7) is 12.1. The molecule has 22 heavy (non-hydrogen) atoms. The predicted molar refractivity (Wildman–Crippen MR) is 87.3 cm³/mol. The summed E-state index contributed by atoms with van der Waals surface area (Å²) < 4.78 is 5.73. The third-order valence-corrected chi connectivity index (χ3v) is 5.48. The van der Waals surface area contributed by atoms with Crippen LogP contribution >= 0.6 is 0 Å². The van der Waals surface area contributed by atoms with E-state index < -0.39 is 0 Å². The van der Waals surface area contributed by atoms with Gasteiger partial charge in [-0.05, 0) is 50.2 Å². The SMILES string of the molecule is CC(C)=C1CC2(C)C(=CC1=O)CCC(OC(=O)C(C)C)C2C. The highest BCUT2D eigenvalue weighted by atomic mass is 16.5. The van der Waals surface area contributed by atoms with Gasteiger partial charge in [0.1, 0.15) is 6.10 Å². The minimum absolute atomic E-state index is 0.0522. The first-order valence-electron chi connectivity index (χ1n) is 8.29. The van der Waals surface area contributed by atoms with E-state index in [1.54, 1.807) is 0 Å². The molecule has 0 aromatic heterocycles. The summed E-state index contributed by atoms with van der Waals surface area (Å²) >= 11 is 0. The zero-order valence-electron chi connectivity index (χ0n) is 14.7. The molecule has 2 aliphatic rings. The fraction of sp³-hybridized carbons (Fsp3) is 0.684. The second-order valence-electron chi connectivity index (χ2n) is 7.56. The predicted octanol–water partition coefficient (Wildman–Crippen LogP) is 4.23. The Morgan fingerprint density at radius 3 is 2.55 bits per heavy atom. The molecule has 122 valence electrons. The first kappa shape index (κ1) is 17.0. The van der Waals surface area contributed by atoms with Gasteiger partial charge in [-0.1, -0.05) is 38.8 Å². The van der Waals surface area contributed by atoms with Crippen LogP contribution in [-0.2, 0) is 14.3 Å². The van der Waals surface area contributed by atoms with Crippen LogP contribution in [0.2, 0.25) is 0 Å². The van der Waals surface area contributed by atoms with Crippen LogP contribution in [0.15, 0.2) is 22.8 Å². The maximum atomic E-state index is 12.3. The first-order chi connectivity index (χ1) is 10.2. The van der Waals surface area contributed by atoms with Gasteiger partial charge in [0.25, 0.3) is 0 Å². The van der Waals surface area contributed by atoms with E-state index in [9.17, 15) is 9.59 Å². The zero-order valence-corrected chi connectivity index (χ0v) is 14.7. The van der Waals surface area contributed by atoms with Crippen molar-refractivity contribution in [2.24, 2.45) is 17.3 Å². The number of esters is 1. The monoisotopic (exact) mass is 304 g/mol. The van der Waals surface area contributed by atoms with Gasteiger partial charge in [0.15, 0.2) is 5.78 Å². The van der Waals surface area contributed by atoms with Gasteiger partial charge < -0.3 is 4.74 Å². The molecule has 1 saturated carbocycles. The summed E-state index contributed by atoms with van der Waals surface area (Å²) in [5.74, 6) is 0.162. The van der Waals surface area contributed by atoms with Gasteiger partial charge in [-0.2, -0.15) is 0 Å². The van der Waals surface area contributed by atoms with Crippen molar-refractivity contribution in [3.05, 3.63) is 22.8 Å². The van der Waals surface area contributed by atoms with Gasteiger partial charge in [0.2, 0.25) is 0 Å². The molecule has 0 bridgehead atoms. The molecule has 0 aromatic rings. The summed E-state index contributed by atoms with van der Waals surface area (Å²) in [4.78, 5) is 24.2. The largest absolute Gasteiger partial charge is 0.462 e. The molecule has 0 spiro atoms. The maximum Gasteiger partial charge on any atom is 0.308 e. The summed E-state index contributed by atoms with van der Waals surface area (Å²) in [7, 11) is 0. The van der Waals surface area contributed by atoms with E-state index in [4.69, 9.17) is 4.74 Å². The Morgan fingerprint density at radius 1 is 1.36 bits per heavy atom. The number of ketones is 1. The van der Waals surface area contributed by atoms with Crippen LogP contribution in [-0.4, -0.2) is 17.9 Å². The molecule has 3 atom stereocenters. The van der Waals surface area contributed by atoms with E-state index in [2.05, 4.69) is 13.8 Å². The molecular formula is C19H28O3. The second-order valence-corrected chi connectivity index (χ2v) is 7.56. The van der Waals surface area contributed by atoms with Gasteiger partial charge >= 0.3 is 5.97 Å². The average molecular weight is 304 g/mol. The Bertz CT molecular complexity index is 549. The topological polar surface area (TPSA) is 43.4 Å². The maximum absolute atomic E-state index is 12.3. The summed E-state index contributed by atoms with van der Waals surface area (Å²) in [5.41, 5.74) is 3.16. The lowest BCUT2D eigenvalue weighted by molar-refractivity contribution is -0.159. The molecule has 3 nitrogen and oxygen atoms in total. The highest BCUT2D eigenvalue weighted by molar-refractivity contribution is 6.06. The number of rotatable bonds is 2. The van der Waals surface area contributed by atoms with Gasteiger partial charge in [0.05, 0.1) is 5.92 Å². The first-order valence-corrected chi connectivity index (χ1v) is 8.29. The van der Waals surface area contributed by atoms with Crippen molar-refractivity contribution < 1.29 is 14.3 Å². The number of carbonyl (C=O) groups excluding carboxylic acids is 2. The molecule has 3 heteroatoms. The molecule has 0 saturated heterocycles. The number of hydrogen-bond acceptors (Lipinski definition) is 3. The zero-order chi connectivity index (χ0) is 16.7. The Kier molecular flexibility index (Phi) is 4.65. The third kappa shape index (κ3) is 2.90. The molecule has 0 aromatic carbocycles. The van der Waals surface area contributed by atoms with Crippen LogP contribution in [0.3, 0.4) is 0 Å². The van der Waals surface area contributed by atoms with Crippen molar-refractivity contribution in [2.45, 2.75) is 66.9 Å². The van der Waals surface area contributed by atoms with Crippen LogP contribution in [0.5, 0.6) is 0 Å². The average Bonchev–Trinajstić information content (AvgIpc) is 2.43. The Hall–Kier alpha value is -1.38. The lowest BCUT2D eigenvalue weighted by Crippen LogP contribution is -2.45. The standard InChI is InChI=1S/C19H28O3/c1-11(2)15-10-19(6)13(5)17(22-18(21)12(3)4)8-7-14(19)9-16(15)20/h9,12-13,17H,7-8,10H2,1-6H3. The molecule has 0 heterocycles. The Morgan fingerprint density at radius 2 is 2.00 bits per heavy atom. The van der Waals surface area contributed by atoms with E-state index in [0.717, 1.165) is 30.4 Å². The van der Waals surface area contributed by atoms with Gasteiger partial charge in [-0.25, -0.2) is 0 Å². The van der Waals surface area contributed by atoms with Gasteiger partial charge in [0, 0.05) is 5.92 Å². The quantitative estimate of drug-likeness (QED) is 0.566. The number of hydrogen-bond donors (Lipinski definition) is 0. The van der Waals surface area contributed by atoms with Crippen molar-refractivity contribution in [1.82, 2.24) is 0 Å². The molecular weight excluding hydrogens is 276 g/mol. The summed E-state index contributed by atoms with van der Waals surface area (Å²) in [6, 6.07) is 0. The Labute approximate surface area is 133 Å². The van der Waals surface area contributed by atoms with Crippen molar-refractivity contribution >= 4 is 11.8 Å². The van der Waals surface area contributed by atoms with E-state index in [0.29, 0.717) is 0 Å². The van der Waals surface area contributed by atoms with Crippen molar-refractivity contribution in [3.63, 3.8) is 0 Å². The third-order valence-electron chi connectivity index (χ3n) is 5.48. The number of fused-ring (bicyclic) bond motifs is 1. The molecule has 1 fully saturated rings. The molecule has 0 amide bonds. The van der Waals surface area contributed by atoms with Crippen LogP contribution in [0.25, 0.3) is 0 Å². The van der Waals surface area contributed by atoms with Gasteiger partial charge in [-0.15, -0.1) is 0 Å². The highest BCUT2D eigenvalue weighted by Crippen LogP contribution is 2.52. The molecule has 3 unspecified atom stereocenters. The fourth-order valence-corrected chi connectivity index (χ4v) is 3.62. The summed E-state index contributed by atoms with van der Waals surface area (Å²) in [6.07, 6.45) is 4.21. The second kappa shape index (κ2) is 6.02. The number of carbonyl (C=O) groups is 2. The van der Waals surface area contributed by atoms with E-state index >= 15 is 0 Å². The van der Waals surface area contributed by atoms with Crippen molar-refractivity contribution in [2.75, 3.05) is 0 Å². The molecule has 2 rings (SSSR count). The normalized spacial score (nSPS) is 31.7. The van der Waals surface area contributed by atoms with Crippen LogP contribution in [0.4, 0.5) is 0 Å². The lowest BCUT2D eigenvalue weighted by atomic mass is 9.58. The number of ether oxygens (including phenoxy) is 1. The smallest absolute Gasteiger partial charge is 0.308 e. The lowest BCUT2D eigenvalue weighted by Gasteiger charge is -2.48. The highest BCUT2D eigenvalue weighted by Gasteiger charge is 2.47. The van der Waals surface area contributed by atoms with Crippen LogP contribution in [0, 0.1) is 17.3 Å². The molecule has 0 aliphatic heterocycles. The summed E-state index contributed by atoms with van der Waals surface area (Å²) in [5, 5.41) is 0. The van der Waals surface area contributed by atoms with E-state index in [1.807, 2.05) is 33.8 Å². The minimum Gasteiger partial charge on any atom is -0.462 e. The fourth-order valence-electron chi connectivity index (χ4n) is 3.62. The molecule has 0 radical (unpaired) electrons. The van der Waals surface area contributed by atoms with Crippen LogP contribution < -0.4 is 0 Å². The van der Waals surface area contributed by atoms with Crippen molar-refractivity contribution in [1.29, 1.82) is 0 Å². The Balaban J connectivity index is 2.29. The van der Waals surface area contributed by atoms with E-state index in [1.165, 1.54) is 5.57 Å². The van der Waals surface area contributed by atoms with Crippen LogP contribution in [0.1, 0.15) is 60.8 Å². The molecule has 0 N–H and O–H groups in total. The number of allylic oxidation sites excluding steroid dienone is 4. The molecule has 2 aliphatic carbocycles. The van der Waals surface area contributed by atoms with E-state index in [-0.39, 0.29) is 35.1 Å².